The van der Waals surface area contributed by atoms with E-state index in [1.165, 1.54) is 12.3 Å². The second-order valence-electron chi connectivity index (χ2n) is 4.86. The number of nitrogens with zero attached hydrogens (tertiary/aromatic N) is 2. The number of benzene rings is 1. The summed E-state index contributed by atoms with van der Waals surface area (Å²) in [6.45, 7) is 1.74. The monoisotopic (exact) mass is 271 g/mol. The number of nitrogens with one attached hydrogen (secondary N) is 1. The zero-order chi connectivity index (χ0) is 14.1. The van der Waals surface area contributed by atoms with Crippen LogP contribution in [0.3, 0.4) is 0 Å². The van der Waals surface area contributed by atoms with Crippen molar-refractivity contribution in [1.29, 1.82) is 0 Å². The third-order valence-electron chi connectivity index (χ3n) is 3.62. The van der Waals surface area contributed by atoms with Crippen LogP contribution in [-0.2, 0) is 6.42 Å². The lowest BCUT2D eigenvalue weighted by molar-refractivity contribution is 0.0930. The van der Waals surface area contributed by atoms with Crippen molar-refractivity contribution in [3.63, 3.8) is 0 Å². The Labute approximate surface area is 116 Å². The highest BCUT2D eigenvalue weighted by molar-refractivity contribution is 5.93. The molecule has 1 unspecified atom stereocenters. The van der Waals surface area contributed by atoms with Crippen LogP contribution >= 0.6 is 0 Å². The maximum Gasteiger partial charge on any atom is 0.272 e. The summed E-state index contributed by atoms with van der Waals surface area (Å²) in [5, 5.41) is 2.91. The van der Waals surface area contributed by atoms with Gasteiger partial charge in [-0.2, -0.15) is 0 Å². The molecule has 1 aliphatic rings. The molecule has 102 valence electrons. The molecular weight excluding hydrogens is 257 g/mol. The number of aromatic nitrogens is 2. The summed E-state index contributed by atoms with van der Waals surface area (Å²) in [6, 6.07) is 4.83. The molecule has 0 saturated carbocycles. The van der Waals surface area contributed by atoms with Crippen molar-refractivity contribution >= 4 is 5.91 Å². The van der Waals surface area contributed by atoms with Gasteiger partial charge in [-0.3, -0.25) is 9.78 Å². The van der Waals surface area contributed by atoms with Gasteiger partial charge in [0.1, 0.15) is 11.5 Å². The van der Waals surface area contributed by atoms with E-state index >= 15 is 0 Å². The van der Waals surface area contributed by atoms with E-state index in [-0.39, 0.29) is 17.8 Å². The maximum atomic E-state index is 13.7. The van der Waals surface area contributed by atoms with Gasteiger partial charge < -0.3 is 5.32 Å². The first-order valence-corrected chi connectivity index (χ1v) is 6.52. The van der Waals surface area contributed by atoms with Gasteiger partial charge in [0.05, 0.1) is 11.7 Å². The fraction of sp³-hybridized carbons (Fsp3) is 0.267. The zero-order valence-electron chi connectivity index (χ0n) is 11.1. The SMILES string of the molecule is Cc1nccnc1C(=O)NC1CCc2c(F)cccc21. The predicted octanol–water partition coefficient (Wildman–Crippen LogP) is 2.34. The second kappa shape index (κ2) is 5.00. The molecule has 20 heavy (non-hydrogen) atoms. The molecule has 0 fully saturated rings. The van der Waals surface area contributed by atoms with E-state index < -0.39 is 0 Å². The molecular formula is C15H14FN3O. The van der Waals surface area contributed by atoms with Gasteiger partial charge in [-0.25, -0.2) is 9.37 Å². The van der Waals surface area contributed by atoms with E-state index in [9.17, 15) is 9.18 Å². The zero-order valence-corrected chi connectivity index (χ0v) is 11.1. The van der Waals surface area contributed by atoms with Gasteiger partial charge in [0.15, 0.2) is 0 Å². The summed E-state index contributed by atoms with van der Waals surface area (Å²) in [7, 11) is 0. The van der Waals surface area contributed by atoms with Crippen LogP contribution in [0, 0.1) is 12.7 Å². The average molecular weight is 271 g/mol. The molecule has 0 bridgehead atoms. The molecule has 4 nitrogen and oxygen atoms in total. The third kappa shape index (κ3) is 2.15. The van der Waals surface area contributed by atoms with Gasteiger partial charge >= 0.3 is 0 Å². The van der Waals surface area contributed by atoms with Crippen LogP contribution in [0.5, 0.6) is 0 Å². The van der Waals surface area contributed by atoms with Crippen molar-refractivity contribution in [3.8, 4) is 0 Å². The molecule has 1 aromatic carbocycles. The molecule has 0 saturated heterocycles. The minimum Gasteiger partial charge on any atom is -0.344 e. The second-order valence-corrected chi connectivity index (χ2v) is 4.86. The lowest BCUT2D eigenvalue weighted by atomic mass is 10.1. The molecule has 3 rings (SSSR count). The fourth-order valence-corrected chi connectivity index (χ4v) is 2.62. The Kier molecular flexibility index (Phi) is 3.18. The van der Waals surface area contributed by atoms with Crippen molar-refractivity contribution in [3.05, 3.63) is 58.9 Å². The molecule has 1 heterocycles. The summed E-state index contributed by atoms with van der Waals surface area (Å²) in [6.07, 6.45) is 4.39. The Bertz CT molecular complexity index is 672. The maximum absolute atomic E-state index is 13.7. The van der Waals surface area contributed by atoms with Crippen LogP contribution in [0.4, 0.5) is 4.39 Å². The van der Waals surface area contributed by atoms with Gasteiger partial charge in [0, 0.05) is 12.4 Å². The first-order valence-electron chi connectivity index (χ1n) is 6.52. The van der Waals surface area contributed by atoms with Crippen molar-refractivity contribution in [1.82, 2.24) is 15.3 Å². The molecule has 0 spiro atoms. The van der Waals surface area contributed by atoms with Crippen LogP contribution in [0.25, 0.3) is 0 Å². The van der Waals surface area contributed by atoms with E-state index in [0.717, 1.165) is 5.56 Å². The lowest BCUT2D eigenvalue weighted by Gasteiger charge is -2.14. The number of carbonyl (C=O) groups is 1. The molecule has 1 aliphatic carbocycles. The molecule has 2 aromatic rings. The molecule has 5 heteroatoms. The minimum atomic E-state index is -0.266. The Morgan fingerprint density at radius 2 is 2.15 bits per heavy atom. The number of hydrogen-bond acceptors (Lipinski definition) is 3. The number of halogens is 1. The number of aryl methyl sites for hydroxylation is 1. The van der Waals surface area contributed by atoms with Gasteiger partial charge in [-0.1, -0.05) is 12.1 Å². The molecule has 0 aliphatic heterocycles. The van der Waals surface area contributed by atoms with Crippen molar-refractivity contribution in [2.45, 2.75) is 25.8 Å². The van der Waals surface area contributed by atoms with Crippen molar-refractivity contribution in [2.24, 2.45) is 0 Å². The Balaban J connectivity index is 1.83. The van der Waals surface area contributed by atoms with Crippen LogP contribution in [0.2, 0.25) is 0 Å². The Morgan fingerprint density at radius 3 is 2.95 bits per heavy atom. The summed E-state index contributed by atoms with van der Waals surface area (Å²) in [4.78, 5) is 20.3. The highest BCUT2D eigenvalue weighted by atomic mass is 19.1. The topological polar surface area (TPSA) is 54.9 Å². The highest BCUT2D eigenvalue weighted by Gasteiger charge is 2.27. The lowest BCUT2D eigenvalue weighted by Crippen LogP contribution is -2.28. The Morgan fingerprint density at radius 1 is 1.35 bits per heavy atom. The van der Waals surface area contributed by atoms with Crippen LogP contribution < -0.4 is 5.32 Å². The van der Waals surface area contributed by atoms with Crippen LogP contribution in [0.1, 0.15) is 39.8 Å². The largest absolute Gasteiger partial charge is 0.344 e. The number of hydrogen-bond donors (Lipinski definition) is 1. The fourth-order valence-electron chi connectivity index (χ4n) is 2.62. The van der Waals surface area contributed by atoms with Crippen LogP contribution in [-0.4, -0.2) is 15.9 Å². The van der Waals surface area contributed by atoms with E-state index in [1.54, 1.807) is 19.2 Å². The van der Waals surface area contributed by atoms with Gasteiger partial charge in [0.2, 0.25) is 0 Å². The molecule has 1 aromatic heterocycles. The number of fused-ring (bicyclic) bond motifs is 1. The number of carbonyl (C=O) groups excluding carboxylic acids is 1. The normalized spacial score (nSPS) is 16.8. The van der Waals surface area contributed by atoms with Gasteiger partial charge in [-0.15, -0.1) is 0 Å². The minimum absolute atomic E-state index is 0.158. The highest BCUT2D eigenvalue weighted by Crippen LogP contribution is 2.32. The number of rotatable bonds is 2. The summed E-state index contributed by atoms with van der Waals surface area (Å²) >= 11 is 0. The van der Waals surface area contributed by atoms with Gasteiger partial charge in [0.25, 0.3) is 5.91 Å². The van der Waals surface area contributed by atoms with E-state index in [0.29, 0.717) is 29.8 Å². The van der Waals surface area contributed by atoms with Crippen molar-refractivity contribution in [2.75, 3.05) is 0 Å². The van der Waals surface area contributed by atoms with E-state index in [1.807, 2.05) is 6.07 Å². The molecule has 1 atom stereocenters. The van der Waals surface area contributed by atoms with Crippen molar-refractivity contribution < 1.29 is 9.18 Å². The predicted molar refractivity (Wildman–Crippen MR) is 71.7 cm³/mol. The smallest absolute Gasteiger partial charge is 0.272 e. The third-order valence-corrected chi connectivity index (χ3v) is 3.62. The number of amides is 1. The molecule has 1 amide bonds. The van der Waals surface area contributed by atoms with E-state index in [2.05, 4.69) is 15.3 Å². The standard InChI is InChI=1S/C15H14FN3O/c1-9-14(18-8-7-17-9)15(20)19-13-6-5-10-11(13)3-2-4-12(10)16/h2-4,7-8,13H,5-6H2,1H3,(H,19,20). The van der Waals surface area contributed by atoms with E-state index in [4.69, 9.17) is 0 Å². The quantitative estimate of drug-likeness (QED) is 0.912. The first kappa shape index (κ1) is 12.7. The Hall–Kier alpha value is -2.30. The summed E-state index contributed by atoms with van der Waals surface area (Å²) < 4.78 is 13.7. The van der Waals surface area contributed by atoms with Gasteiger partial charge in [-0.05, 0) is 37.0 Å². The molecule has 1 N–H and O–H groups in total. The summed E-state index contributed by atoms with van der Waals surface area (Å²) in [5.74, 6) is -0.465. The van der Waals surface area contributed by atoms with Crippen LogP contribution in [0.15, 0.2) is 30.6 Å². The summed E-state index contributed by atoms with van der Waals surface area (Å²) in [5.41, 5.74) is 2.47. The molecule has 0 radical (unpaired) electrons. The average Bonchev–Trinajstić information content (AvgIpc) is 2.84. The first-order chi connectivity index (χ1) is 9.66.